The minimum Gasteiger partial charge on any atom is -0.423 e. The second-order valence-electron chi connectivity index (χ2n) is 5.25. The maximum Gasteiger partial charge on any atom is 0.490 e. The van der Waals surface area contributed by atoms with Crippen molar-refractivity contribution >= 4 is 46.9 Å². The van der Waals surface area contributed by atoms with E-state index in [-0.39, 0.29) is 5.82 Å². The Hall–Kier alpha value is -1.47. The van der Waals surface area contributed by atoms with Crippen LogP contribution in [-0.4, -0.2) is 29.7 Å². The van der Waals surface area contributed by atoms with E-state index >= 15 is 0 Å². The molecule has 0 radical (unpaired) electrons. The van der Waals surface area contributed by atoms with Gasteiger partial charge in [0.25, 0.3) is 0 Å². The number of fused-ring (bicyclic) bond motifs is 1. The van der Waals surface area contributed by atoms with E-state index in [1.807, 2.05) is 42.8 Å². The molecule has 6 heteroatoms. The normalized spacial score (nSPS) is 11.0. The number of halogens is 1. The molecule has 0 unspecified atom stereocenters. The molecular formula is C18H16BFO2S2. The van der Waals surface area contributed by atoms with E-state index in [9.17, 15) is 14.4 Å². The minimum atomic E-state index is -1.59. The lowest BCUT2D eigenvalue weighted by atomic mass is 9.75. The van der Waals surface area contributed by atoms with E-state index in [2.05, 4.69) is 0 Å². The third kappa shape index (κ3) is 2.84. The zero-order chi connectivity index (χ0) is 17.3. The van der Waals surface area contributed by atoms with Gasteiger partial charge in [-0.3, -0.25) is 0 Å². The summed E-state index contributed by atoms with van der Waals surface area (Å²) in [6.45, 7) is 0. The van der Waals surface area contributed by atoms with Crippen LogP contribution in [0.1, 0.15) is 0 Å². The fourth-order valence-corrected chi connectivity index (χ4v) is 4.94. The Morgan fingerprint density at radius 1 is 0.833 bits per heavy atom. The molecule has 0 saturated carbocycles. The maximum absolute atomic E-state index is 14.5. The fraction of sp³-hybridized carbons (Fsp3) is 0.111. The average molecular weight is 358 g/mol. The monoisotopic (exact) mass is 358 g/mol. The first-order valence-corrected chi connectivity index (χ1v) is 9.82. The Labute approximate surface area is 149 Å². The summed E-state index contributed by atoms with van der Waals surface area (Å²) in [6.07, 6.45) is 3.81. The molecule has 0 bridgehead atoms. The van der Waals surface area contributed by atoms with Gasteiger partial charge >= 0.3 is 7.12 Å². The van der Waals surface area contributed by atoms with Gasteiger partial charge in [0.15, 0.2) is 0 Å². The fourth-order valence-electron chi connectivity index (χ4n) is 3.00. The molecule has 3 aromatic rings. The molecule has 0 spiro atoms. The topological polar surface area (TPSA) is 40.5 Å². The van der Waals surface area contributed by atoms with E-state index in [1.54, 1.807) is 12.1 Å². The molecule has 0 heterocycles. The van der Waals surface area contributed by atoms with E-state index in [0.717, 1.165) is 26.1 Å². The van der Waals surface area contributed by atoms with Crippen LogP contribution in [-0.2, 0) is 0 Å². The molecule has 0 aliphatic rings. The Bertz CT molecular complexity index is 900. The minimum absolute atomic E-state index is 0.290. The highest BCUT2D eigenvalue weighted by Crippen LogP contribution is 2.42. The molecule has 0 aliphatic carbocycles. The predicted molar refractivity (Wildman–Crippen MR) is 103 cm³/mol. The Kier molecular flexibility index (Phi) is 5.20. The van der Waals surface area contributed by atoms with Gasteiger partial charge in [0.2, 0.25) is 0 Å². The summed E-state index contributed by atoms with van der Waals surface area (Å²) >= 11 is 2.93. The zero-order valence-corrected chi connectivity index (χ0v) is 14.9. The van der Waals surface area contributed by atoms with Crippen LogP contribution in [0.2, 0.25) is 0 Å². The standard InChI is InChI=1S/C18H16BFO2S2/c1-23-17-15(13-9-5-6-10-14(13)20)11-7-3-4-8-12(11)16(19(21)22)18(17)24-2/h3-10,21-22H,1-2H3. The number of thioether (sulfide) groups is 2. The molecule has 0 aliphatic heterocycles. The highest BCUT2D eigenvalue weighted by Gasteiger charge is 2.26. The van der Waals surface area contributed by atoms with Gasteiger partial charge in [0, 0.05) is 26.4 Å². The van der Waals surface area contributed by atoms with Crippen molar-refractivity contribution < 1.29 is 14.4 Å². The first-order chi connectivity index (χ1) is 11.6. The molecule has 0 saturated heterocycles. The van der Waals surface area contributed by atoms with Gasteiger partial charge in [-0.15, -0.1) is 23.5 Å². The summed E-state index contributed by atoms with van der Waals surface area (Å²) in [4.78, 5) is 1.63. The molecule has 0 atom stereocenters. The molecule has 24 heavy (non-hydrogen) atoms. The first kappa shape index (κ1) is 17.4. The Morgan fingerprint density at radius 3 is 2.00 bits per heavy atom. The molecule has 3 rings (SSSR count). The molecule has 2 N–H and O–H groups in total. The molecular weight excluding hydrogens is 342 g/mol. The van der Waals surface area contributed by atoms with Crippen LogP contribution in [0.15, 0.2) is 58.3 Å². The van der Waals surface area contributed by atoms with Crippen LogP contribution in [0.4, 0.5) is 4.39 Å². The summed E-state index contributed by atoms with van der Waals surface area (Å²) in [7, 11) is -1.59. The van der Waals surface area contributed by atoms with E-state index < -0.39 is 7.12 Å². The second-order valence-corrected chi connectivity index (χ2v) is 6.89. The lowest BCUT2D eigenvalue weighted by Crippen LogP contribution is -2.33. The summed E-state index contributed by atoms with van der Waals surface area (Å²) in [5.41, 5.74) is 1.79. The number of hydrogen-bond acceptors (Lipinski definition) is 4. The van der Waals surface area contributed by atoms with Crippen molar-refractivity contribution in [1.29, 1.82) is 0 Å². The SMILES string of the molecule is CSc1c(SC)c(-c2ccccc2F)c2ccccc2c1B(O)O. The molecule has 0 fully saturated rings. The van der Waals surface area contributed by atoms with Gasteiger partial charge in [0.1, 0.15) is 5.82 Å². The van der Waals surface area contributed by atoms with Gasteiger partial charge in [0.05, 0.1) is 0 Å². The van der Waals surface area contributed by atoms with Gasteiger partial charge in [-0.05, 0) is 29.4 Å². The van der Waals surface area contributed by atoms with Gasteiger partial charge < -0.3 is 10.0 Å². The van der Waals surface area contributed by atoms with Crippen LogP contribution in [0, 0.1) is 5.82 Å². The molecule has 3 aromatic carbocycles. The zero-order valence-electron chi connectivity index (χ0n) is 13.3. The van der Waals surface area contributed by atoms with Crippen molar-refractivity contribution in [1.82, 2.24) is 0 Å². The molecule has 0 amide bonds. The van der Waals surface area contributed by atoms with Crippen LogP contribution in [0.5, 0.6) is 0 Å². The molecule has 2 nitrogen and oxygen atoms in total. The summed E-state index contributed by atoms with van der Waals surface area (Å²) < 4.78 is 14.5. The van der Waals surface area contributed by atoms with E-state index in [4.69, 9.17) is 0 Å². The lowest BCUT2D eigenvalue weighted by Gasteiger charge is -2.20. The highest BCUT2D eigenvalue weighted by atomic mass is 32.2. The Morgan fingerprint density at radius 2 is 1.42 bits per heavy atom. The largest absolute Gasteiger partial charge is 0.490 e. The van der Waals surface area contributed by atoms with Crippen molar-refractivity contribution in [2.75, 3.05) is 12.5 Å². The third-order valence-electron chi connectivity index (χ3n) is 3.97. The van der Waals surface area contributed by atoms with Crippen molar-refractivity contribution in [3.63, 3.8) is 0 Å². The van der Waals surface area contributed by atoms with Gasteiger partial charge in [-0.25, -0.2) is 4.39 Å². The number of hydrogen-bond donors (Lipinski definition) is 2. The lowest BCUT2D eigenvalue weighted by molar-refractivity contribution is 0.425. The summed E-state index contributed by atoms with van der Waals surface area (Å²) in [6, 6.07) is 14.2. The predicted octanol–water partition coefficient (Wildman–Crippen LogP) is 3.77. The van der Waals surface area contributed by atoms with Crippen LogP contribution < -0.4 is 5.46 Å². The van der Waals surface area contributed by atoms with Gasteiger partial charge in [-0.2, -0.15) is 0 Å². The van der Waals surface area contributed by atoms with Crippen LogP contribution >= 0.6 is 23.5 Å². The number of benzene rings is 3. The smallest absolute Gasteiger partial charge is 0.423 e. The maximum atomic E-state index is 14.5. The second kappa shape index (κ2) is 7.19. The first-order valence-electron chi connectivity index (χ1n) is 7.37. The van der Waals surface area contributed by atoms with E-state index in [1.165, 1.54) is 29.6 Å². The molecule has 122 valence electrons. The Balaban J connectivity index is 2.54. The van der Waals surface area contributed by atoms with E-state index in [0.29, 0.717) is 11.0 Å². The van der Waals surface area contributed by atoms with Crippen molar-refractivity contribution in [3.8, 4) is 11.1 Å². The molecule has 0 aromatic heterocycles. The van der Waals surface area contributed by atoms with Crippen molar-refractivity contribution in [2.24, 2.45) is 0 Å². The third-order valence-corrected chi connectivity index (χ3v) is 5.75. The highest BCUT2D eigenvalue weighted by molar-refractivity contribution is 8.01. The average Bonchev–Trinajstić information content (AvgIpc) is 2.59. The summed E-state index contributed by atoms with van der Waals surface area (Å²) in [5.74, 6) is -0.290. The van der Waals surface area contributed by atoms with Crippen LogP contribution in [0.25, 0.3) is 21.9 Å². The van der Waals surface area contributed by atoms with Crippen molar-refractivity contribution in [3.05, 3.63) is 54.3 Å². The quantitative estimate of drug-likeness (QED) is 0.550. The van der Waals surface area contributed by atoms with Crippen molar-refractivity contribution in [2.45, 2.75) is 9.79 Å². The number of rotatable bonds is 4. The van der Waals surface area contributed by atoms with Gasteiger partial charge in [-0.1, -0.05) is 42.5 Å². The summed E-state index contributed by atoms with van der Waals surface area (Å²) in [5, 5.41) is 21.4. The van der Waals surface area contributed by atoms with Crippen LogP contribution in [0.3, 0.4) is 0 Å².